The van der Waals surface area contributed by atoms with Gasteiger partial charge in [-0.2, -0.15) is 5.26 Å². The van der Waals surface area contributed by atoms with Crippen LogP contribution < -0.4 is 5.32 Å². The lowest BCUT2D eigenvalue weighted by atomic mass is 9.95. The smallest absolute Gasteiger partial charge is 0.274 e. The highest BCUT2D eigenvalue weighted by Gasteiger charge is 2.16. The van der Waals surface area contributed by atoms with Crippen molar-refractivity contribution >= 4 is 17.7 Å². The Hall–Kier alpha value is -3.86. The van der Waals surface area contributed by atoms with E-state index in [9.17, 15) is 10.1 Å². The van der Waals surface area contributed by atoms with Gasteiger partial charge in [-0.1, -0.05) is 24.8 Å². The van der Waals surface area contributed by atoms with Gasteiger partial charge in [0, 0.05) is 43.3 Å². The molecule has 3 heterocycles. The minimum Gasteiger partial charge on any atom is -0.379 e. The fourth-order valence-corrected chi connectivity index (χ4v) is 3.89. The third kappa shape index (κ3) is 4.98. The highest BCUT2D eigenvalue weighted by Crippen LogP contribution is 2.32. The number of anilines is 1. The summed E-state index contributed by atoms with van der Waals surface area (Å²) in [5, 5.41) is 12.6. The number of ether oxygens (including phenoxy) is 1. The van der Waals surface area contributed by atoms with E-state index in [-0.39, 0.29) is 5.91 Å². The average molecular weight is 440 g/mol. The summed E-state index contributed by atoms with van der Waals surface area (Å²) in [7, 11) is 0. The van der Waals surface area contributed by atoms with Crippen LogP contribution in [0.4, 0.5) is 5.69 Å². The van der Waals surface area contributed by atoms with E-state index in [1.807, 2.05) is 31.2 Å². The van der Waals surface area contributed by atoms with E-state index in [0.717, 1.165) is 55.1 Å². The quantitative estimate of drug-likeness (QED) is 0.623. The van der Waals surface area contributed by atoms with Gasteiger partial charge in [-0.25, -0.2) is 0 Å². The van der Waals surface area contributed by atoms with E-state index in [0.29, 0.717) is 22.6 Å². The highest BCUT2D eigenvalue weighted by molar-refractivity contribution is 6.03. The predicted octanol–water partition coefficient (Wildman–Crippen LogP) is 4.05. The van der Waals surface area contributed by atoms with Gasteiger partial charge in [-0.15, -0.1) is 0 Å². The lowest BCUT2D eigenvalue weighted by molar-refractivity contribution is 0.0341. The number of hydrogen-bond donors (Lipinski definition) is 1. The van der Waals surface area contributed by atoms with Gasteiger partial charge in [0.15, 0.2) is 0 Å². The molecular formula is C26H25N5O2. The molecule has 1 fully saturated rings. The lowest BCUT2D eigenvalue weighted by Gasteiger charge is -2.26. The minimum absolute atomic E-state index is 0.282. The first-order chi connectivity index (χ1) is 16.1. The summed E-state index contributed by atoms with van der Waals surface area (Å²) >= 11 is 0. The SMILES string of the molecule is C=Cc1nccc(-c2cccc(NC(=O)c3ccc(CN4CCOCC4)cn3)c2C)c1C#N. The first-order valence-electron chi connectivity index (χ1n) is 10.8. The first-order valence-corrected chi connectivity index (χ1v) is 10.8. The number of amides is 1. The normalized spacial score (nSPS) is 13.8. The number of benzene rings is 1. The van der Waals surface area contributed by atoms with Crippen LogP contribution >= 0.6 is 0 Å². The molecular weight excluding hydrogens is 414 g/mol. The van der Waals surface area contributed by atoms with Crippen LogP contribution in [-0.4, -0.2) is 47.1 Å². The molecule has 0 atom stereocenters. The van der Waals surface area contributed by atoms with Crippen LogP contribution in [0, 0.1) is 18.3 Å². The number of aromatic nitrogens is 2. The maximum absolute atomic E-state index is 12.9. The number of nitriles is 1. The van der Waals surface area contributed by atoms with Crippen molar-refractivity contribution in [1.29, 1.82) is 5.26 Å². The fourth-order valence-electron chi connectivity index (χ4n) is 3.89. The summed E-state index contributed by atoms with van der Waals surface area (Å²) < 4.78 is 5.38. The van der Waals surface area contributed by atoms with Crippen LogP contribution in [0.15, 0.2) is 55.4 Å². The second-order valence-electron chi connectivity index (χ2n) is 7.81. The Bertz CT molecular complexity index is 1210. The largest absolute Gasteiger partial charge is 0.379 e. The van der Waals surface area contributed by atoms with Gasteiger partial charge in [0.25, 0.3) is 5.91 Å². The van der Waals surface area contributed by atoms with Crippen LogP contribution in [-0.2, 0) is 11.3 Å². The van der Waals surface area contributed by atoms with Crippen LogP contribution in [0.25, 0.3) is 17.2 Å². The maximum atomic E-state index is 12.9. The van der Waals surface area contributed by atoms with Crippen molar-refractivity contribution in [1.82, 2.24) is 14.9 Å². The van der Waals surface area contributed by atoms with Gasteiger partial charge in [0.2, 0.25) is 0 Å². The van der Waals surface area contributed by atoms with Crippen molar-refractivity contribution in [2.24, 2.45) is 0 Å². The molecule has 0 saturated carbocycles. The predicted molar refractivity (Wildman–Crippen MR) is 128 cm³/mol. The zero-order valence-corrected chi connectivity index (χ0v) is 18.5. The van der Waals surface area contributed by atoms with E-state index in [1.54, 1.807) is 30.6 Å². The average Bonchev–Trinajstić information content (AvgIpc) is 2.85. The Labute approximate surface area is 193 Å². The van der Waals surface area contributed by atoms with Gasteiger partial charge >= 0.3 is 0 Å². The highest BCUT2D eigenvalue weighted by atomic mass is 16.5. The molecule has 0 aliphatic carbocycles. The van der Waals surface area contributed by atoms with Crippen molar-refractivity contribution in [3.63, 3.8) is 0 Å². The van der Waals surface area contributed by atoms with Crippen LogP contribution in [0.2, 0.25) is 0 Å². The van der Waals surface area contributed by atoms with E-state index in [4.69, 9.17) is 4.74 Å². The molecule has 0 unspecified atom stereocenters. The number of morpholine rings is 1. The number of nitrogens with zero attached hydrogens (tertiary/aromatic N) is 4. The molecule has 7 nitrogen and oxygen atoms in total. The summed E-state index contributed by atoms with van der Waals surface area (Å²) in [5.41, 5.74) is 5.52. The summed E-state index contributed by atoms with van der Waals surface area (Å²) in [4.78, 5) is 23.7. The van der Waals surface area contributed by atoms with E-state index in [2.05, 4.69) is 32.8 Å². The van der Waals surface area contributed by atoms with Gasteiger partial charge < -0.3 is 10.1 Å². The van der Waals surface area contributed by atoms with Crippen molar-refractivity contribution in [3.05, 3.63) is 83.4 Å². The molecule has 1 amide bonds. The molecule has 2 aromatic heterocycles. The zero-order valence-electron chi connectivity index (χ0n) is 18.5. The first kappa shape index (κ1) is 22.3. The molecule has 1 aromatic carbocycles. The van der Waals surface area contributed by atoms with E-state index in [1.165, 1.54) is 0 Å². The van der Waals surface area contributed by atoms with Crippen LogP contribution in [0.1, 0.15) is 32.9 Å². The minimum atomic E-state index is -0.282. The lowest BCUT2D eigenvalue weighted by Crippen LogP contribution is -2.35. The number of rotatable bonds is 6. The molecule has 1 N–H and O–H groups in total. The Morgan fingerprint density at radius 2 is 2.03 bits per heavy atom. The molecule has 7 heteroatoms. The third-order valence-corrected chi connectivity index (χ3v) is 5.72. The summed E-state index contributed by atoms with van der Waals surface area (Å²) in [6, 6.07) is 13.3. The fraction of sp³-hybridized carbons (Fsp3) is 0.231. The monoisotopic (exact) mass is 439 g/mol. The van der Waals surface area contributed by atoms with Crippen molar-refractivity contribution < 1.29 is 9.53 Å². The van der Waals surface area contributed by atoms with Crippen molar-refractivity contribution in [3.8, 4) is 17.2 Å². The number of nitrogens with one attached hydrogen (secondary N) is 1. The molecule has 4 rings (SSSR count). The second kappa shape index (κ2) is 10.2. The second-order valence-corrected chi connectivity index (χ2v) is 7.81. The number of carbonyl (C=O) groups excluding carboxylic acids is 1. The molecule has 0 radical (unpaired) electrons. The Morgan fingerprint density at radius 3 is 2.73 bits per heavy atom. The van der Waals surface area contributed by atoms with Gasteiger partial charge in [-0.05, 0) is 47.9 Å². The summed E-state index contributed by atoms with van der Waals surface area (Å²) in [6.07, 6.45) is 4.97. The number of carbonyl (C=O) groups is 1. The Morgan fingerprint density at radius 1 is 1.21 bits per heavy atom. The standard InChI is InChI=1S/C26H25N5O2/c1-3-23-22(15-27)21(9-10-28-23)20-5-4-6-24(18(20)2)30-26(32)25-8-7-19(16-29-25)17-31-11-13-33-14-12-31/h3-10,16H,1,11-14,17H2,2H3,(H,30,32). The molecule has 0 bridgehead atoms. The molecule has 3 aromatic rings. The van der Waals surface area contributed by atoms with Crippen LogP contribution in [0.5, 0.6) is 0 Å². The Kier molecular flexibility index (Phi) is 6.89. The van der Waals surface area contributed by atoms with Gasteiger partial charge in [0.05, 0.1) is 24.5 Å². The third-order valence-electron chi connectivity index (χ3n) is 5.72. The molecule has 1 aliphatic heterocycles. The molecule has 0 spiro atoms. The summed E-state index contributed by atoms with van der Waals surface area (Å²) in [6.45, 7) is 9.74. The zero-order chi connectivity index (χ0) is 23.2. The van der Waals surface area contributed by atoms with E-state index >= 15 is 0 Å². The van der Waals surface area contributed by atoms with Crippen molar-refractivity contribution in [2.75, 3.05) is 31.6 Å². The van der Waals surface area contributed by atoms with E-state index < -0.39 is 0 Å². The number of pyridine rings is 2. The molecule has 33 heavy (non-hydrogen) atoms. The topological polar surface area (TPSA) is 91.1 Å². The number of hydrogen-bond acceptors (Lipinski definition) is 6. The maximum Gasteiger partial charge on any atom is 0.274 e. The van der Waals surface area contributed by atoms with Crippen LogP contribution in [0.3, 0.4) is 0 Å². The molecule has 166 valence electrons. The Balaban J connectivity index is 1.53. The van der Waals surface area contributed by atoms with Gasteiger partial charge in [-0.3, -0.25) is 19.7 Å². The molecule has 1 aliphatic rings. The summed E-state index contributed by atoms with van der Waals surface area (Å²) in [5.74, 6) is -0.282. The molecule has 1 saturated heterocycles. The van der Waals surface area contributed by atoms with Crippen molar-refractivity contribution in [2.45, 2.75) is 13.5 Å². The van der Waals surface area contributed by atoms with Gasteiger partial charge in [0.1, 0.15) is 11.8 Å².